The molecule has 0 amide bonds. The Balaban J connectivity index is 1.79. The van der Waals surface area contributed by atoms with Crippen LogP contribution in [0.15, 0.2) is 34.3 Å². The summed E-state index contributed by atoms with van der Waals surface area (Å²) in [6.07, 6.45) is 3.10. The lowest BCUT2D eigenvalue weighted by atomic mass is 9.72. The molecule has 1 aromatic rings. The smallest absolute Gasteiger partial charge is 0.200 e. The Labute approximate surface area is 133 Å². The van der Waals surface area contributed by atoms with Crippen molar-refractivity contribution in [2.24, 2.45) is 21.8 Å². The molecule has 2 aliphatic rings. The first-order valence-corrected chi connectivity index (χ1v) is 9.26. The van der Waals surface area contributed by atoms with Crippen LogP contribution < -0.4 is 4.83 Å². The van der Waals surface area contributed by atoms with E-state index in [-0.39, 0.29) is 10.3 Å². The zero-order chi connectivity index (χ0) is 16.2. The molecule has 2 aliphatic carbocycles. The zero-order valence-corrected chi connectivity index (χ0v) is 14.5. The van der Waals surface area contributed by atoms with Gasteiger partial charge in [0.2, 0.25) is 0 Å². The first-order valence-electron chi connectivity index (χ1n) is 7.78. The summed E-state index contributed by atoms with van der Waals surface area (Å²) in [5.74, 6) is 0.611. The van der Waals surface area contributed by atoms with Gasteiger partial charge in [0.05, 0.1) is 4.90 Å². The van der Waals surface area contributed by atoms with E-state index < -0.39 is 10.0 Å². The second-order valence-corrected chi connectivity index (χ2v) is 9.46. The first kappa shape index (κ1) is 15.5. The normalized spacial score (nSPS) is 31.6. The van der Waals surface area contributed by atoms with Crippen molar-refractivity contribution in [3.63, 3.8) is 0 Å². The number of hydrogen-bond acceptors (Lipinski definition) is 3. The number of benzene rings is 1. The van der Waals surface area contributed by atoms with Crippen LogP contribution in [-0.4, -0.2) is 14.1 Å². The molecule has 22 heavy (non-hydrogen) atoms. The van der Waals surface area contributed by atoms with E-state index in [1.165, 1.54) is 0 Å². The molecule has 3 rings (SSSR count). The molecule has 2 unspecified atom stereocenters. The van der Waals surface area contributed by atoms with E-state index in [0.717, 1.165) is 30.5 Å². The SMILES string of the molecule is Cc1ccc(S(=O)(=O)N/N=C2\CC3CC2(C)CC3(C)C)cc1. The highest BCUT2D eigenvalue weighted by atomic mass is 32.2. The predicted octanol–water partition coefficient (Wildman–Crippen LogP) is 3.48. The molecule has 0 saturated heterocycles. The number of rotatable bonds is 3. The third-order valence-corrected chi connectivity index (χ3v) is 6.64. The monoisotopic (exact) mass is 320 g/mol. The molecule has 5 heteroatoms. The first-order chi connectivity index (χ1) is 10.1. The van der Waals surface area contributed by atoms with E-state index in [4.69, 9.17) is 0 Å². The van der Waals surface area contributed by atoms with E-state index in [9.17, 15) is 8.42 Å². The van der Waals surface area contributed by atoms with Gasteiger partial charge in [-0.25, -0.2) is 4.83 Å². The number of aryl methyl sites for hydroxylation is 1. The van der Waals surface area contributed by atoms with Crippen molar-refractivity contribution >= 4 is 15.7 Å². The van der Waals surface area contributed by atoms with Gasteiger partial charge in [-0.3, -0.25) is 0 Å². The highest BCUT2D eigenvalue weighted by Crippen LogP contribution is 2.60. The van der Waals surface area contributed by atoms with E-state index in [1.54, 1.807) is 24.3 Å². The molecule has 1 aromatic carbocycles. The van der Waals surface area contributed by atoms with E-state index >= 15 is 0 Å². The van der Waals surface area contributed by atoms with Gasteiger partial charge in [-0.15, -0.1) is 0 Å². The Morgan fingerprint density at radius 2 is 1.82 bits per heavy atom. The number of hydrogen-bond donors (Lipinski definition) is 1. The lowest BCUT2D eigenvalue weighted by molar-refractivity contribution is 0.247. The molecule has 1 N–H and O–H groups in total. The zero-order valence-electron chi connectivity index (χ0n) is 13.7. The third kappa shape index (κ3) is 2.56. The fraction of sp³-hybridized carbons (Fsp3) is 0.588. The lowest BCUT2D eigenvalue weighted by Crippen LogP contribution is -2.32. The van der Waals surface area contributed by atoms with Crippen LogP contribution in [0.25, 0.3) is 0 Å². The maximum absolute atomic E-state index is 12.3. The molecule has 2 fully saturated rings. The van der Waals surface area contributed by atoms with Crippen LogP contribution in [0.2, 0.25) is 0 Å². The largest absolute Gasteiger partial charge is 0.276 e. The Morgan fingerprint density at radius 3 is 2.32 bits per heavy atom. The van der Waals surface area contributed by atoms with Gasteiger partial charge < -0.3 is 0 Å². The fourth-order valence-electron chi connectivity index (χ4n) is 4.16. The summed E-state index contributed by atoms with van der Waals surface area (Å²) in [7, 11) is -3.57. The molecule has 2 bridgehead atoms. The van der Waals surface area contributed by atoms with Gasteiger partial charge in [0, 0.05) is 11.1 Å². The molecule has 120 valence electrons. The molecule has 0 heterocycles. The average molecular weight is 320 g/mol. The Hall–Kier alpha value is -1.36. The number of nitrogens with one attached hydrogen (secondary N) is 1. The summed E-state index contributed by atoms with van der Waals surface area (Å²) in [5.41, 5.74) is 2.42. The van der Waals surface area contributed by atoms with Gasteiger partial charge in [0.15, 0.2) is 0 Å². The highest BCUT2D eigenvalue weighted by molar-refractivity contribution is 7.89. The quantitative estimate of drug-likeness (QED) is 0.867. The van der Waals surface area contributed by atoms with E-state index in [0.29, 0.717) is 11.3 Å². The average Bonchev–Trinajstić information content (AvgIpc) is 2.85. The minimum absolute atomic E-state index is 0.0456. The summed E-state index contributed by atoms with van der Waals surface area (Å²) in [5, 5.41) is 4.29. The molecule has 2 atom stereocenters. The van der Waals surface area contributed by atoms with Crippen molar-refractivity contribution in [1.29, 1.82) is 0 Å². The van der Waals surface area contributed by atoms with Crippen LogP contribution in [0.1, 0.15) is 45.6 Å². The van der Waals surface area contributed by atoms with Crippen LogP contribution in [0.3, 0.4) is 0 Å². The number of hydrazone groups is 1. The fourth-order valence-corrected chi connectivity index (χ4v) is 4.99. The molecule has 4 nitrogen and oxygen atoms in total. The highest BCUT2D eigenvalue weighted by Gasteiger charge is 2.55. The van der Waals surface area contributed by atoms with Crippen molar-refractivity contribution < 1.29 is 8.42 Å². The minimum atomic E-state index is -3.57. The molecule has 2 saturated carbocycles. The van der Waals surface area contributed by atoms with Crippen LogP contribution in [0, 0.1) is 23.7 Å². The molecule has 0 radical (unpaired) electrons. The standard InChI is InChI=1S/C17H24N2O2S/c1-12-5-7-14(8-6-12)22(20,21)19-18-15-9-13-10-17(15,4)11-16(13,2)3/h5-8,13,19H,9-11H2,1-4H3/b18-15+. The maximum atomic E-state index is 12.3. The summed E-state index contributed by atoms with van der Waals surface area (Å²) in [6.45, 7) is 8.75. The summed E-state index contributed by atoms with van der Waals surface area (Å²) >= 11 is 0. The minimum Gasteiger partial charge on any atom is -0.200 e. The van der Waals surface area contributed by atoms with Crippen molar-refractivity contribution in [1.82, 2.24) is 4.83 Å². The van der Waals surface area contributed by atoms with Gasteiger partial charge in [-0.1, -0.05) is 38.5 Å². The summed E-state index contributed by atoms with van der Waals surface area (Å²) < 4.78 is 24.6. The van der Waals surface area contributed by atoms with Gasteiger partial charge >= 0.3 is 0 Å². The Kier molecular flexibility index (Phi) is 3.40. The summed E-state index contributed by atoms with van der Waals surface area (Å²) in [6, 6.07) is 6.82. The number of sulfonamides is 1. The van der Waals surface area contributed by atoms with Crippen molar-refractivity contribution in [3.8, 4) is 0 Å². The van der Waals surface area contributed by atoms with Crippen molar-refractivity contribution in [2.45, 2.75) is 51.9 Å². The van der Waals surface area contributed by atoms with Crippen molar-refractivity contribution in [3.05, 3.63) is 29.8 Å². The van der Waals surface area contributed by atoms with Crippen LogP contribution in [0.4, 0.5) is 0 Å². The van der Waals surface area contributed by atoms with E-state index in [2.05, 4.69) is 30.7 Å². The Bertz CT molecular complexity index is 720. The van der Waals surface area contributed by atoms with Crippen molar-refractivity contribution in [2.75, 3.05) is 0 Å². The second-order valence-electron chi connectivity index (χ2n) is 7.80. The van der Waals surface area contributed by atoms with Gasteiger partial charge in [0.1, 0.15) is 0 Å². The number of fused-ring (bicyclic) bond motifs is 2. The molecule has 0 aliphatic heterocycles. The van der Waals surface area contributed by atoms with Crippen LogP contribution >= 0.6 is 0 Å². The molecule has 0 aromatic heterocycles. The maximum Gasteiger partial charge on any atom is 0.276 e. The third-order valence-electron chi connectivity index (χ3n) is 5.42. The predicted molar refractivity (Wildman–Crippen MR) is 88.2 cm³/mol. The molecular weight excluding hydrogens is 296 g/mol. The second kappa shape index (κ2) is 4.82. The molecule has 0 spiro atoms. The van der Waals surface area contributed by atoms with E-state index in [1.807, 2.05) is 6.92 Å². The Morgan fingerprint density at radius 1 is 1.18 bits per heavy atom. The van der Waals surface area contributed by atoms with Crippen LogP contribution in [-0.2, 0) is 10.0 Å². The van der Waals surface area contributed by atoms with Gasteiger partial charge in [-0.2, -0.15) is 13.5 Å². The summed E-state index contributed by atoms with van der Waals surface area (Å²) in [4.78, 5) is 2.69. The van der Waals surface area contributed by atoms with Gasteiger partial charge in [-0.05, 0) is 49.7 Å². The number of nitrogens with zero attached hydrogens (tertiary/aromatic N) is 1. The van der Waals surface area contributed by atoms with Gasteiger partial charge in [0.25, 0.3) is 10.0 Å². The van der Waals surface area contributed by atoms with Crippen LogP contribution in [0.5, 0.6) is 0 Å². The molecular formula is C17H24N2O2S. The topological polar surface area (TPSA) is 58.5 Å². The lowest BCUT2D eigenvalue weighted by Gasteiger charge is -2.33.